The van der Waals surface area contributed by atoms with Crippen LogP contribution in [0.5, 0.6) is 0 Å². The number of hydrogen-bond acceptors (Lipinski definition) is 3. The maximum Gasteiger partial charge on any atom is 0.154 e. The number of benzene rings is 1. The number of imidazole rings is 1. The molecule has 5 nitrogen and oxygen atoms in total. The molecule has 0 spiro atoms. The van der Waals surface area contributed by atoms with E-state index in [0.29, 0.717) is 0 Å². The van der Waals surface area contributed by atoms with Gasteiger partial charge >= 0.3 is 0 Å². The van der Waals surface area contributed by atoms with Crippen LogP contribution in [0.25, 0.3) is 27.9 Å². The molecule has 4 rings (SSSR count). The minimum absolute atomic E-state index is 0.0513. The van der Waals surface area contributed by atoms with Gasteiger partial charge in [-0.15, -0.1) is 0 Å². The number of aliphatic hydroxyl groups is 1. The zero-order valence-corrected chi connectivity index (χ0v) is 10.6. The van der Waals surface area contributed by atoms with Gasteiger partial charge in [0.2, 0.25) is 0 Å². The van der Waals surface area contributed by atoms with Gasteiger partial charge in [0.1, 0.15) is 6.33 Å². The molecule has 0 aliphatic rings. The molecule has 0 amide bonds. The van der Waals surface area contributed by atoms with Gasteiger partial charge in [-0.05, 0) is 11.6 Å². The van der Waals surface area contributed by atoms with Gasteiger partial charge in [-0.3, -0.25) is 4.40 Å². The summed E-state index contributed by atoms with van der Waals surface area (Å²) >= 11 is 0. The summed E-state index contributed by atoms with van der Waals surface area (Å²) in [6, 6.07) is 9.73. The van der Waals surface area contributed by atoms with Gasteiger partial charge in [0.25, 0.3) is 0 Å². The molecule has 3 aromatic heterocycles. The number of nitrogens with zero attached hydrogens (tertiary/aromatic N) is 3. The lowest BCUT2D eigenvalue weighted by molar-refractivity contribution is 0.282. The number of aromatic nitrogens is 4. The van der Waals surface area contributed by atoms with E-state index in [9.17, 15) is 0 Å². The van der Waals surface area contributed by atoms with E-state index in [1.807, 2.05) is 53.5 Å². The molecule has 3 heterocycles. The lowest BCUT2D eigenvalue weighted by Gasteiger charge is -2.01. The summed E-state index contributed by atoms with van der Waals surface area (Å²) in [5.74, 6) is 0. The fourth-order valence-electron chi connectivity index (χ4n) is 2.44. The second-order valence-electron chi connectivity index (χ2n) is 4.67. The molecule has 2 N–H and O–H groups in total. The van der Waals surface area contributed by atoms with Crippen LogP contribution in [0, 0.1) is 0 Å². The first kappa shape index (κ1) is 11.2. The van der Waals surface area contributed by atoms with Gasteiger partial charge in [0.05, 0.1) is 29.5 Å². The Hall–Kier alpha value is -2.66. The Morgan fingerprint density at radius 2 is 1.90 bits per heavy atom. The van der Waals surface area contributed by atoms with E-state index in [2.05, 4.69) is 15.0 Å². The zero-order valence-electron chi connectivity index (χ0n) is 10.6. The smallest absolute Gasteiger partial charge is 0.154 e. The molecule has 0 saturated carbocycles. The van der Waals surface area contributed by atoms with Gasteiger partial charge < -0.3 is 10.1 Å². The summed E-state index contributed by atoms with van der Waals surface area (Å²) in [7, 11) is 0. The number of rotatable bonds is 2. The lowest BCUT2D eigenvalue weighted by Crippen LogP contribution is -1.88. The number of nitrogens with one attached hydrogen (secondary N) is 1. The Kier molecular flexibility index (Phi) is 2.34. The Bertz CT molecular complexity index is 889. The molecule has 4 aromatic rings. The molecule has 0 bridgehead atoms. The van der Waals surface area contributed by atoms with Crippen LogP contribution < -0.4 is 0 Å². The first-order valence-corrected chi connectivity index (χ1v) is 6.36. The van der Waals surface area contributed by atoms with Crippen molar-refractivity contribution in [1.29, 1.82) is 0 Å². The van der Waals surface area contributed by atoms with Crippen LogP contribution >= 0.6 is 0 Å². The first-order chi connectivity index (χ1) is 9.86. The minimum atomic E-state index is 0.0513. The van der Waals surface area contributed by atoms with Crippen molar-refractivity contribution in [2.75, 3.05) is 0 Å². The van der Waals surface area contributed by atoms with Crippen molar-refractivity contribution in [3.05, 3.63) is 54.6 Å². The van der Waals surface area contributed by atoms with Crippen LogP contribution in [0.4, 0.5) is 0 Å². The summed E-state index contributed by atoms with van der Waals surface area (Å²) in [6.07, 6.45) is 5.50. The SMILES string of the molecule is OCc1ccc(-c2ncn3c2cnc2[nH]ccc23)cc1. The molecule has 0 fully saturated rings. The van der Waals surface area contributed by atoms with Crippen LogP contribution in [0.1, 0.15) is 5.56 Å². The molecule has 0 saturated heterocycles. The summed E-state index contributed by atoms with van der Waals surface area (Å²) in [4.78, 5) is 12.0. The number of aromatic amines is 1. The average Bonchev–Trinajstić information content (AvgIpc) is 3.13. The van der Waals surface area contributed by atoms with Gasteiger partial charge in [-0.1, -0.05) is 24.3 Å². The van der Waals surface area contributed by atoms with Gasteiger partial charge in [0.15, 0.2) is 5.65 Å². The van der Waals surface area contributed by atoms with E-state index >= 15 is 0 Å². The largest absolute Gasteiger partial charge is 0.392 e. The molecular formula is C15H12N4O. The monoisotopic (exact) mass is 264 g/mol. The van der Waals surface area contributed by atoms with Crippen molar-refractivity contribution in [1.82, 2.24) is 19.4 Å². The van der Waals surface area contributed by atoms with Gasteiger partial charge in [0, 0.05) is 11.8 Å². The molecule has 20 heavy (non-hydrogen) atoms. The highest BCUT2D eigenvalue weighted by molar-refractivity contribution is 5.83. The van der Waals surface area contributed by atoms with E-state index in [1.165, 1.54) is 0 Å². The van der Waals surface area contributed by atoms with Crippen molar-refractivity contribution < 1.29 is 5.11 Å². The topological polar surface area (TPSA) is 66.2 Å². The molecule has 98 valence electrons. The Morgan fingerprint density at radius 3 is 2.70 bits per heavy atom. The molecule has 0 radical (unpaired) electrons. The Balaban J connectivity index is 1.94. The minimum Gasteiger partial charge on any atom is -0.392 e. The normalized spacial score (nSPS) is 11.4. The van der Waals surface area contributed by atoms with Crippen LogP contribution in [-0.2, 0) is 6.61 Å². The van der Waals surface area contributed by atoms with Crippen LogP contribution in [0.15, 0.2) is 49.1 Å². The first-order valence-electron chi connectivity index (χ1n) is 6.36. The summed E-state index contributed by atoms with van der Waals surface area (Å²) in [5, 5.41) is 9.09. The van der Waals surface area contributed by atoms with E-state index in [-0.39, 0.29) is 6.61 Å². The maximum absolute atomic E-state index is 9.09. The van der Waals surface area contributed by atoms with Crippen LogP contribution in [0.2, 0.25) is 0 Å². The summed E-state index contributed by atoms with van der Waals surface area (Å²) in [6.45, 7) is 0.0513. The molecular weight excluding hydrogens is 252 g/mol. The van der Waals surface area contributed by atoms with Crippen molar-refractivity contribution in [2.24, 2.45) is 0 Å². The third-order valence-corrected chi connectivity index (χ3v) is 3.49. The van der Waals surface area contributed by atoms with Gasteiger partial charge in [-0.2, -0.15) is 0 Å². The third kappa shape index (κ3) is 1.53. The summed E-state index contributed by atoms with van der Waals surface area (Å²) < 4.78 is 2.02. The fourth-order valence-corrected chi connectivity index (χ4v) is 2.44. The predicted molar refractivity (Wildman–Crippen MR) is 76.2 cm³/mol. The standard InChI is InChI=1S/C15H12N4O/c20-8-10-1-3-11(4-2-10)14-13-7-17-15-12(5-6-16-15)19(13)9-18-14/h1-7,9,16,20H,8H2. The third-order valence-electron chi connectivity index (χ3n) is 3.49. The predicted octanol–water partition coefficient (Wildman–Crippen LogP) is 2.37. The number of H-pyrrole nitrogens is 1. The van der Waals surface area contributed by atoms with Crippen molar-refractivity contribution in [3.63, 3.8) is 0 Å². The van der Waals surface area contributed by atoms with E-state index in [0.717, 1.165) is 33.5 Å². The maximum atomic E-state index is 9.09. The van der Waals surface area contributed by atoms with E-state index < -0.39 is 0 Å². The molecule has 5 heteroatoms. The lowest BCUT2D eigenvalue weighted by atomic mass is 10.1. The van der Waals surface area contributed by atoms with Crippen molar-refractivity contribution >= 4 is 16.7 Å². The second kappa shape index (κ2) is 4.18. The number of fused-ring (bicyclic) bond motifs is 3. The molecule has 0 aliphatic heterocycles. The van der Waals surface area contributed by atoms with Crippen LogP contribution in [0.3, 0.4) is 0 Å². The van der Waals surface area contributed by atoms with E-state index in [1.54, 1.807) is 0 Å². The molecule has 0 unspecified atom stereocenters. The van der Waals surface area contributed by atoms with Crippen LogP contribution in [-0.4, -0.2) is 24.5 Å². The highest BCUT2D eigenvalue weighted by Crippen LogP contribution is 2.25. The average molecular weight is 264 g/mol. The second-order valence-corrected chi connectivity index (χ2v) is 4.67. The Morgan fingerprint density at radius 1 is 1.05 bits per heavy atom. The van der Waals surface area contributed by atoms with E-state index in [4.69, 9.17) is 5.11 Å². The van der Waals surface area contributed by atoms with Crippen molar-refractivity contribution in [3.8, 4) is 11.3 Å². The fraction of sp³-hybridized carbons (Fsp3) is 0.0667. The number of hydrogen-bond donors (Lipinski definition) is 2. The summed E-state index contributed by atoms with van der Waals surface area (Å²) in [5.41, 5.74) is 5.62. The highest BCUT2D eigenvalue weighted by atomic mass is 16.3. The number of aliphatic hydroxyl groups excluding tert-OH is 1. The molecule has 0 atom stereocenters. The Labute approximate surface area is 114 Å². The van der Waals surface area contributed by atoms with Gasteiger partial charge in [-0.25, -0.2) is 9.97 Å². The van der Waals surface area contributed by atoms with Crippen molar-refractivity contribution in [2.45, 2.75) is 6.61 Å². The zero-order chi connectivity index (χ0) is 13.5. The molecule has 0 aliphatic carbocycles. The molecule has 1 aromatic carbocycles. The highest BCUT2D eigenvalue weighted by Gasteiger charge is 2.10. The quantitative estimate of drug-likeness (QED) is 0.584.